The molecule has 3 unspecified atom stereocenters. The molecule has 0 heterocycles. The van der Waals surface area contributed by atoms with Crippen molar-refractivity contribution in [2.45, 2.75) is 24.7 Å². The van der Waals surface area contributed by atoms with Gasteiger partial charge in [-0.15, -0.1) is 0 Å². The number of methoxy groups -OCH3 is 1. The van der Waals surface area contributed by atoms with Crippen LogP contribution >= 0.6 is 11.6 Å². The third kappa shape index (κ3) is 3.82. The Morgan fingerprint density at radius 3 is 2.86 bits per heavy atom. The Bertz CT molecular complexity index is 513. The molecule has 1 aromatic carbocycles. The zero-order valence-corrected chi connectivity index (χ0v) is 12.3. The fraction of sp³-hybridized carbons (Fsp3) is 0.538. The minimum atomic E-state index is -0.509. The van der Waals surface area contributed by atoms with E-state index in [-0.39, 0.29) is 29.7 Å². The van der Waals surface area contributed by atoms with Crippen LogP contribution in [0.4, 0.5) is 5.69 Å². The zero-order chi connectivity index (χ0) is 15.4. The van der Waals surface area contributed by atoms with Crippen molar-refractivity contribution in [2.75, 3.05) is 20.3 Å². The molecule has 2 N–H and O–H groups in total. The number of nitro groups is 1. The molecule has 8 heteroatoms. The van der Waals surface area contributed by atoms with Gasteiger partial charge in [-0.25, -0.2) is 0 Å². The fourth-order valence-electron chi connectivity index (χ4n) is 2.13. The summed E-state index contributed by atoms with van der Waals surface area (Å²) in [7, 11) is 1.58. The van der Waals surface area contributed by atoms with E-state index in [4.69, 9.17) is 31.5 Å². The number of benzene rings is 1. The highest BCUT2D eigenvalue weighted by Crippen LogP contribution is 2.35. The summed E-state index contributed by atoms with van der Waals surface area (Å²) >= 11 is 5.86. The molecule has 3 atom stereocenters. The van der Waals surface area contributed by atoms with Gasteiger partial charge in [0.1, 0.15) is 12.2 Å². The molecule has 0 aromatic heterocycles. The lowest BCUT2D eigenvalue weighted by Gasteiger charge is -2.41. The Balaban J connectivity index is 2.04. The summed E-state index contributed by atoms with van der Waals surface area (Å²) in [4.78, 5) is 10.5. The second-order valence-electron chi connectivity index (χ2n) is 4.75. The maximum atomic E-state index is 11.0. The van der Waals surface area contributed by atoms with E-state index >= 15 is 0 Å². The highest BCUT2D eigenvalue weighted by Gasteiger charge is 2.42. The van der Waals surface area contributed by atoms with Crippen LogP contribution in [0, 0.1) is 10.1 Å². The SMILES string of the molecule is COCCOC1C(N)CC1Oc1cc(Cl)ccc1[N+](=O)[O-]. The van der Waals surface area contributed by atoms with Crippen LogP contribution in [0.2, 0.25) is 5.02 Å². The van der Waals surface area contributed by atoms with Gasteiger partial charge >= 0.3 is 5.69 Å². The molecule has 0 spiro atoms. The number of nitro benzene ring substituents is 1. The van der Waals surface area contributed by atoms with Gasteiger partial charge in [0, 0.05) is 36.7 Å². The Morgan fingerprint density at radius 1 is 1.48 bits per heavy atom. The molecule has 7 nitrogen and oxygen atoms in total. The van der Waals surface area contributed by atoms with E-state index < -0.39 is 4.92 Å². The topological polar surface area (TPSA) is 96.9 Å². The Labute approximate surface area is 127 Å². The summed E-state index contributed by atoms with van der Waals surface area (Å²) in [5.74, 6) is 0.129. The molecular formula is C13H17ClN2O5. The van der Waals surface area contributed by atoms with Crippen LogP contribution < -0.4 is 10.5 Å². The molecule has 0 aliphatic heterocycles. The predicted molar refractivity (Wildman–Crippen MR) is 76.7 cm³/mol. The number of rotatable bonds is 7. The van der Waals surface area contributed by atoms with Crippen molar-refractivity contribution in [3.8, 4) is 5.75 Å². The van der Waals surface area contributed by atoms with E-state index in [1.807, 2.05) is 0 Å². The van der Waals surface area contributed by atoms with Gasteiger partial charge in [-0.3, -0.25) is 10.1 Å². The average Bonchev–Trinajstić information content (AvgIpc) is 2.43. The number of hydrogen-bond donors (Lipinski definition) is 1. The molecule has 1 fully saturated rings. The number of hydrogen-bond acceptors (Lipinski definition) is 6. The molecule has 1 aromatic rings. The van der Waals surface area contributed by atoms with Gasteiger partial charge in [0.2, 0.25) is 0 Å². The highest BCUT2D eigenvalue weighted by atomic mass is 35.5. The molecule has 1 saturated carbocycles. The molecule has 0 bridgehead atoms. The maximum absolute atomic E-state index is 11.0. The normalized spacial score (nSPS) is 24.4. The van der Waals surface area contributed by atoms with Crippen LogP contribution in [0.25, 0.3) is 0 Å². The first-order valence-corrected chi connectivity index (χ1v) is 6.87. The van der Waals surface area contributed by atoms with Gasteiger partial charge < -0.3 is 19.9 Å². The van der Waals surface area contributed by atoms with Crippen molar-refractivity contribution in [1.29, 1.82) is 0 Å². The van der Waals surface area contributed by atoms with Crippen LogP contribution in [0.3, 0.4) is 0 Å². The number of halogens is 1. The number of nitrogens with two attached hydrogens (primary N) is 1. The van der Waals surface area contributed by atoms with Crippen molar-refractivity contribution in [2.24, 2.45) is 5.73 Å². The van der Waals surface area contributed by atoms with Gasteiger partial charge in [0.15, 0.2) is 5.75 Å². The van der Waals surface area contributed by atoms with E-state index in [1.54, 1.807) is 7.11 Å². The monoisotopic (exact) mass is 316 g/mol. The van der Waals surface area contributed by atoms with Crippen LogP contribution in [-0.2, 0) is 9.47 Å². The third-order valence-corrected chi connectivity index (χ3v) is 3.52. The van der Waals surface area contributed by atoms with Gasteiger partial charge in [0.05, 0.1) is 18.1 Å². The molecule has 21 heavy (non-hydrogen) atoms. The summed E-state index contributed by atoms with van der Waals surface area (Å²) in [6.07, 6.45) is -0.0610. The standard InChI is InChI=1S/C13H17ClN2O5/c1-19-4-5-20-13-9(15)7-12(13)21-11-6-8(14)2-3-10(11)16(17)18/h2-3,6,9,12-13H,4-5,7,15H2,1H3. The van der Waals surface area contributed by atoms with Gasteiger partial charge in [-0.2, -0.15) is 0 Å². The van der Waals surface area contributed by atoms with Crippen LogP contribution in [0.5, 0.6) is 5.75 Å². The minimum Gasteiger partial charge on any atom is -0.481 e. The molecular weight excluding hydrogens is 300 g/mol. The summed E-state index contributed by atoms with van der Waals surface area (Å²) in [6, 6.07) is 4.04. The van der Waals surface area contributed by atoms with Crippen LogP contribution in [0.15, 0.2) is 18.2 Å². The Morgan fingerprint density at radius 2 is 2.24 bits per heavy atom. The first kappa shape index (κ1) is 16.0. The van der Waals surface area contributed by atoms with Crippen molar-refractivity contribution >= 4 is 17.3 Å². The maximum Gasteiger partial charge on any atom is 0.311 e. The van der Waals surface area contributed by atoms with E-state index in [0.29, 0.717) is 24.7 Å². The van der Waals surface area contributed by atoms with Crippen molar-refractivity contribution in [3.05, 3.63) is 33.3 Å². The number of ether oxygens (including phenoxy) is 3. The summed E-state index contributed by atoms with van der Waals surface area (Å²) in [5, 5.41) is 11.4. The van der Waals surface area contributed by atoms with Crippen LogP contribution in [0.1, 0.15) is 6.42 Å². The lowest BCUT2D eigenvalue weighted by Crippen LogP contribution is -2.59. The first-order valence-electron chi connectivity index (χ1n) is 6.49. The van der Waals surface area contributed by atoms with E-state index in [2.05, 4.69) is 0 Å². The Hall–Kier alpha value is -1.41. The lowest BCUT2D eigenvalue weighted by atomic mass is 9.86. The van der Waals surface area contributed by atoms with Crippen molar-refractivity contribution in [1.82, 2.24) is 0 Å². The van der Waals surface area contributed by atoms with Gasteiger partial charge in [-0.05, 0) is 6.07 Å². The van der Waals surface area contributed by atoms with Crippen LogP contribution in [-0.4, -0.2) is 43.5 Å². The summed E-state index contributed by atoms with van der Waals surface area (Å²) in [6.45, 7) is 0.847. The van der Waals surface area contributed by atoms with Crippen molar-refractivity contribution in [3.63, 3.8) is 0 Å². The van der Waals surface area contributed by atoms with Gasteiger partial charge in [0.25, 0.3) is 0 Å². The second-order valence-corrected chi connectivity index (χ2v) is 5.19. The molecule has 1 aliphatic rings. The third-order valence-electron chi connectivity index (χ3n) is 3.29. The molecule has 0 radical (unpaired) electrons. The van der Waals surface area contributed by atoms with Gasteiger partial charge in [-0.1, -0.05) is 11.6 Å². The predicted octanol–water partition coefficient (Wildman–Crippen LogP) is 1.76. The quantitative estimate of drug-likeness (QED) is 0.467. The zero-order valence-electron chi connectivity index (χ0n) is 11.5. The molecule has 0 saturated heterocycles. The average molecular weight is 317 g/mol. The summed E-state index contributed by atoms with van der Waals surface area (Å²) in [5.41, 5.74) is 5.74. The largest absolute Gasteiger partial charge is 0.481 e. The second kappa shape index (κ2) is 7.04. The van der Waals surface area contributed by atoms with E-state index in [0.717, 1.165) is 0 Å². The molecule has 116 valence electrons. The minimum absolute atomic E-state index is 0.129. The molecule has 1 aliphatic carbocycles. The Kier molecular flexibility index (Phi) is 5.35. The van der Waals surface area contributed by atoms with E-state index in [1.165, 1.54) is 18.2 Å². The van der Waals surface area contributed by atoms with E-state index in [9.17, 15) is 10.1 Å². The molecule has 2 rings (SSSR count). The van der Waals surface area contributed by atoms with Crippen molar-refractivity contribution < 1.29 is 19.1 Å². The lowest BCUT2D eigenvalue weighted by molar-refractivity contribution is -0.386. The fourth-order valence-corrected chi connectivity index (χ4v) is 2.29. The summed E-state index contributed by atoms with van der Waals surface area (Å²) < 4.78 is 16.1. The highest BCUT2D eigenvalue weighted by molar-refractivity contribution is 6.30. The molecule has 0 amide bonds. The first-order chi connectivity index (χ1) is 10.0. The number of nitrogens with zero attached hydrogens (tertiary/aromatic N) is 1. The smallest absolute Gasteiger partial charge is 0.311 e.